The average molecular weight is 216 g/mol. The number of ketones is 1. The molecule has 0 bridgehead atoms. The molecule has 1 saturated carbocycles. The summed E-state index contributed by atoms with van der Waals surface area (Å²) in [5.41, 5.74) is 0. The number of carbonyl (C=O) groups excluding carboxylic acids is 1. The van der Waals surface area contributed by atoms with Gasteiger partial charge in [-0.15, -0.1) is 0 Å². The number of carbonyl (C=O) groups is 1. The van der Waals surface area contributed by atoms with E-state index in [9.17, 15) is 13.2 Å². The Bertz CT molecular complexity index is 327. The third-order valence-electron chi connectivity index (χ3n) is 3.18. The number of hydrogen-bond donors (Lipinski definition) is 0. The fourth-order valence-corrected chi connectivity index (χ4v) is 3.78. The van der Waals surface area contributed by atoms with Crippen LogP contribution in [0.2, 0.25) is 0 Å². The van der Waals surface area contributed by atoms with E-state index in [0.29, 0.717) is 12.8 Å². The summed E-state index contributed by atoms with van der Waals surface area (Å²) >= 11 is 0. The third kappa shape index (κ3) is 2.56. The Morgan fingerprint density at radius 1 is 1.21 bits per heavy atom. The van der Waals surface area contributed by atoms with Gasteiger partial charge in [0.25, 0.3) is 0 Å². The Morgan fingerprint density at radius 3 is 2.43 bits per heavy atom. The molecule has 0 aromatic heterocycles. The van der Waals surface area contributed by atoms with E-state index in [1.165, 1.54) is 12.8 Å². The number of rotatable bonds is 4. The van der Waals surface area contributed by atoms with Gasteiger partial charge in [0.1, 0.15) is 5.78 Å². The zero-order valence-corrected chi connectivity index (χ0v) is 9.05. The van der Waals surface area contributed by atoms with Gasteiger partial charge in [-0.1, -0.05) is 12.8 Å². The lowest BCUT2D eigenvalue weighted by Gasteiger charge is -2.05. The molecule has 2 rings (SSSR count). The molecule has 2 fully saturated rings. The minimum absolute atomic E-state index is 0.108. The first kappa shape index (κ1) is 10.1. The molecular weight excluding hydrogens is 200 g/mol. The van der Waals surface area contributed by atoms with Crippen LogP contribution in [0, 0.1) is 11.8 Å². The molecule has 0 aromatic rings. The third-order valence-corrected chi connectivity index (χ3v) is 4.95. The molecule has 0 amide bonds. The second kappa shape index (κ2) is 3.65. The van der Waals surface area contributed by atoms with E-state index in [0.717, 1.165) is 12.3 Å². The van der Waals surface area contributed by atoms with E-state index in [1.54, 1.807) is 0 Å². The van der Waals surface area contributed by atoms with E-state index in [4.69, 9.17) is 0 Å². The molecule has 3 nitrogen and oxygen atoms in total. The summed E-state index contributed by atoms with van der Waals surface area (Å²) in [5.74, 6) is 1.08. The summed E-state index contributed by atoms with van der Waals surface area (Å²) in [4.78, 5) is 11.6. The van der Waals surface area contributed by atoms with Crippen molar-refractivity contribution in [1.82, 2.24) is 0 Å². The Balaban J connectivity index is 1.80. The normalized spacial score (nSPS) is 30.4. The second-order valence-corrected chi connectivity index (χ2v) is 6.78. The maximum Gasteiger partial charge on any atom is 0.151 e. The zero-order valence-electron chi connectivity index (χ0n) is 8.24. The van der Waals surface area contributed by atoms with Crippen molar-refractivity contribution in [3.63, 3.8) is 0 Å². The van der Waals surface area contributed by atoms with Crippen LogP contribution in [0.15, 0.2) is 0 Å². The summed E-state index contributed by atoms with van der Waals surface area (Å²) in [6, 6.07) is 0. The second-order valence-electron chi connectivity index (χ2n) is 4.55. The molecule has 14 heavy (non-hydrogen) atoms. The number of hydrogen-bond acceptors (Lipinski definition) is 3. The average Bonchev–Trinajstić information content (AvgIpc) is 2.86. The SMILES string of the molecule is O=C(CCC1CC1)C1CCS(=O)(=O)C1. The van der Waals surface area contributed by atoms with Crippen LogP contribution in [0.5, 0.6) is 0 Å². The highest BCUT2D eigenvalue weighted by Gasteiger charge is 2.33. The molecule has 80 valence electrons. The highest BCUT2D eigenvalue weighted by atomic mass is 32.2. The fourth-order valence-electron chi connectivity index (χ4n) is 2.01. The molecule has 1 aliphatic heterocycles. The van der Waals surface area contributed by atoms with E-state index >= 15 is 0 Å². The van der Waals surface area contributed by atoms with Crippen molar-refractivity contribution < 1.29 is 13.2 Å². The highest BCUT2D eigenvalue weighted by molar-refractivity contribution is 7.91. The Hall–Kier alpha value is -0.380. The topological polar surface area (TPSA) is 51.2 Å². The van der Waals surface area contributed by atoms with Gasteiger partial charge in [-0.25, -0.2) is 8.42 Å². The van der Waals surface area contributed by atoms with Crippen molar-refractivity contribution >= 4 is 15.6 Å². The van der Waals surface area contributed by atoms with Crippen molar-refractivity contribution in [3.05, 3.63) is 0 Å². The minimum Gasteiger partial charge on any atom is -0.299 e. The zero-order chi connectivity index (χ0) is 10.2. The largest absolute Gasteiger partial charge is 0.299 e. The van der Waals surface area contributed by atoms with Crippen LogP contribution in [0.1, 0.15) is 32.1 Å². The van der Waals surface area contributed by atoms with Gasteiger partial charge in [0, 0.05) is 12.3 Å². The van der Waals surface area contributed by atoms with Crippen LogP contribution < -0.4 is 0 Å². The lowest BCUT2D eigenvalue weighted by atomic mass is 9.99. The van der Waals surface area contributed by atoms with Gasteiger partial charge in [-0.05, 0) is 18.8 Å². The molecular formula is C10H16O3S. The van der Waals surface area contributed by atoms with E-state index < -0.39 is 9.84 Å². The predicted molar refractivity (Wildman–Crippen MR) is 53.7 cm³/mol. The molecule has 1 atom stereocenters. The van der Waals surface area contributed by atoms with Crippen LogP contribution in [0.3, 0.4) is 0 Å². The summed E-state index contributed by atoms with van der Waals surface area (Å²) < 4.78 is 22.3. The van der Waals surface area contributed by atoms with Crippen molar-refractivity contribution in [2.45, 2.75) is 32.1 Å². The molecule has 0 N–H and O–H groups in total. The summed E-state index contributed by atoms with van der Waals surface area (Å²) in [5, 5.41) is 0. The van der Waals surface area contributed by atoms with E-state index in [-0.39, 0.29) is 23.2 Å². The quantitative estimate of drug-likeness (QED) is 0.709. The van der Waals surface area contributed by atoms with E-state index in [2.05, 4.69) is 0 Å². The summed E-state index contributed by atoms with van der Waals surface area (Å²) in [6.45, 7) is 0. The van der Waals surface area contributed by atoms with Crippen LogP contribution in [0.4, 0.5) is 0 Å². The van der Waals surface area contributed by atoms with Gasteiger partial charge in [-0.3, -0.25) is 4.79 Å². The highest BCUT2D eigenvalue weighted by Crippen LogP contribution is 2.34. The molecule has 2 aliphatic rings. The van der Waals surface area contributed by atoms with Gasteiger partial charge < -0.3 is 0 Å². The maximum atomic E-state index is 11.6. The van der Waals surface area contributed by atoms with Gasteiger partial charge in [0.2, 0.25) is 0 Å². The Morgan fingerprint density at radius 2 is 1.93 bits per heavy atom. The maximum absolute atomic E-state index is 11.6. The van der Waals surface area contributed by atoms with Crippen LogP contribution in [-0.2, 0) is 14.6 Å². The fraction of sp³-hybridized carbons (Fsp3) is 0.900. The predicted octanol–water partition coefficient (Wildman–Crippen LogP) is 1.18. The molecule has 0 aromatic carbocycles. The summed E-state index contributed by atoms with van der Waals surface area (Å²) in [7, 11) is -2.88. The minimum atomic E-state index is -2.88. The molecule has 4 heteroatoms. The molecule has 1 heterocycles. The van der Waals surface area contributed by atoms with Gasteiger partial charge in [0.15, 0.2) is 9.84 Å². The van der Waals surface area contributed by atoms with E-state index in [1.807, 2.05) is 0 Å². The first-order valence-corrected chi connectivity index (χ1v) is 7.12. The van der Waals surface area contributed by atoms with Crippen molar-refractivity contribution in [2.75, 3.05) is 11.5 Å². The van der Waals surface area contributed by atoms with Crippen molar-refractivity contribution in [2.24, 2.45) is 11.8 Å². The number of sulfone groups is 1. The Kier molecular flexibility index (Phi) is 2.64. The molecule has 0 spiro atoms. The molecule has 1 unspecified atom stereocenters. The summed E-state index contributed by atoms with van der Waals surface area (Å²) in [6.07, 6.45) is 4.67. The molecule has 1 saturated heterocycles. The number of Topliss-reactive ketones (excluding diaryl/α,β-unsaturated/α-hetero) is 1. The van der Waals surface area contributed by atoms with Crippen molar-refractivity contribution in [3.8, 4) is 0 Å². The molecule has 0 radical (unpaired) electrons. The van der Waals surface area contributed by atoms with Crippen LogP contribution in [0.25, 0.3) is 0 Å². The van der Waals surface area contributed by atoms with Crippen molar-refractivity contribution in [1.29, 1.82) is 0 Å². The standard InChI is InChI=1S/C10H16O3S/c11-10(4-3-8-1-2-8)9-5-6-14(12,13)7-9/h8-9H,1-7H2. The lowest BCUT2D eigenvalue weighted by Crippen LogP contribution is -2.15. The smallest absolute Gasteiger partial charge is 0.151 e. The van der Waals surface area contributed by atoms with Crippen LogP contribution >= 0.6 is 0 Å². The first-order chi connectivity index (χ1) is 6.57. The van der Waals surface area contributed by atoms with Gasteiger partial charge in [0.05, 0.1) is 11.5 Å². The van der Waals surface area contributed by atoms with Gasteiger partial charge >= 0.3 is 0 Å². The van der Waals surface area contributed by atoms with Gasteiger partial charge in [-0.2, -0.15) is 0 Å². The lowest BCUT2D eigenvalue weighted by molar-refractivity contribution is -0.122. The molecule has 1 aliphatic carbocycles. The first-order valence-electron chi connectivity index (χ1n) is 5.30. The monoisotopic (exact) mass is 216 g/mol. The van der Waals surface area contributed by atoms with Crippen LogP contribution in [-0.4, -0.2) is 25.7 Å². The Labute approximate surface area is 84.8 Å².